The number of hydrogen-bond donors (Lipinski definition) is 3. The van der Waals surface area contributed by atoms with E-state index >= 15 is 0 Å². The van der Waals surface area contributed by atoms with Crippen LogP contribution >= 0.6 is 0 Å². The van der Waals surface area contributed by atoms with Crippen LogP contribution in [0.2, 0.25) is 0 Å². The number of benzene rings is 1. The van der Waals surface area contributed by atoms with Gasteiger partial charge in [-0.1, -0.05) is 0 Å². The molecule has 1 heterocycles. The number of furan rings is 1. The summed E-state index contributed by atoms with van der Waals surface area (Å²) in [5.74, 6) is -0.578. The van der Waals surface area contributed by atoms with E-state index in [0.717, 1.165) is 0 Å². The van der Waals surface area contributed by atoms with Crippen LogP contribution in [0.5, 0.6) is 0 Å². The number of carboxylic acid groups (broad SMARTS) is 1. The largest absolute Gasteiger partial charge is 0.478 e. The summed E-state index contributed by atoms with van der Waals surface area (Å²) in [5, 5.41) is 11.8. The molecule has 0 fully saturated rings. The van der Waals surface area contributed by atoms with Gasteiger partial charge >= 0.3 is 5.97 Å². The highest BCUT2D eigenvalue weighted by Crippen LogP contribution is 2.15. The number of carbonyl (C=O) groups is 1. The van der Waals surface area contributed by atoms with Crippen molar-refractivity contribution in [3.63, 3.8) is 0 Å². The van der Waals surface area contributed by atoms with E-state index in [9.17, 15) is 13.2 Å². The van der Waals surface area contributed by atoms with Gasteiger partial charge in [0.25, 0.3) is 0 Å². The fraction of sp³-hybridized carbons (Fsp3) is 0.154. The van der Waals surface area contributed by atoms with E-state index in [1.54, 1.807) is 12.1 Å². The van der Waals surface area contributed by atoms with E-state index in [-0.39, 0.29) is 10.5 Å². The van der Waals surface area contributed by atoms with E-state index in [1.165, 1.54) is 31.5 Å². The third-order valence-corrected chi connectivity index (χ3v) is 4.23. The third-order valence-electron chi connectivity index (χ3n) is 2.80. The monoisotopic (exact) mass is 310 g/mol. The van der Waals surface area contributed by atoms with Gasteiger partial charge in [-0.2, -0.15) is 0 Å². The molecule has 0 saturated heterocycles. The second-order valence-electron chi connectivity index (χ2n) is 4.19. The van der Waals surface area contributed by atoms with E-state index in [2.05, 4.69) is 10.0 Å². The average molecular weight is 310 g/mol. The lowest BCUT2D eigenvalue weighted by atomic mass is 10.3. The minimum absolute atomic E-state index is 0.0854. The van der Waals surface area contributed by atoms with Gasteiger partial charge < -0.3 is 14.8 Å². The SMILES string of the molecule is CNS(=O)(=O)c1ccc(NCc2cc(C(=O)O)co2)cc1. The standard InChI is InChI=1S/C13H14N2O5S/c1-14-21(18,19)12-4-2-10(3-5-12)15-7-11-6-9(8-20-11)13(16)17/h2-6,8,14-15H,7H2,1H3,(H,16,17). The highest BCUT2D eigenvalue weighted by molar-refractivity contribution is 7.89. The Bertz CT molecular complexity index is 734. The Morgan fingerprint density at radius 2 is 1.95 bits per heavy atom. The van der Waals surface area contributed by atoms with Crippen LogP contribution in [0, 0.1) is 0 Å². The van der Waals surface area contributed by atoms with Gasteiger partial charge in [0.15, 0.2) is 0 Å². The number of rotatable bonds is 6. The van der Waals surface area contributed by atoms with Gasteiger partial charge in [0.2, 0.25) is 10.0 Å². The number of nitrogens with one attached hydrogen (secondary N) is 2. The Balaban J connectivity index is 2.02. The van der Waals surface area contributed by atoms with Crippen LogP contribution < -0.4 is 10.0 Å². The molecule has 21 heavy (non-hydrogen) atoms. The normalized spacial score (nSPS) is 11.3. The molecule has 0 spiro atoms. The maximum Gasteiger partial charge on any atom is 0.338 e. The van der Waals surface area contributed by atoms with Crippen LogP contribution in [0.25, 0.3) is 0 Å². The molecule has 0 radical (unpaired) electrons. The van der Waals surface area contributed by atoms with Gasteiger partial charge in [-0.25, -0.2) is 17.9 Å². The zero-order valence-electron chi connectivity index (χ0n) is 11.2. The first-order valence-corrected chi connectivity index (χ1v) is 7.49. The van der Waals surface area contributed by atoms with Crippen molar-refractivity contribution in [3.8, 4) is 0 Å². The first kappa shape index (κ1) is 15.1. The minimum Gasteiger partial charge on any atom is -0.478 e. The lowest BCUT2D eigenvalue weighted by Crippen LogP contribution is -2.18. The van der Waals surface area contributed by atoms with Gasteiger partial charge in [0, 0.05) is 5.69 Å². The molecule has 0 amide bonds. The Morgan fingerprint density at radius 3 is 2.48 bits per heavy atom. The number of hydrogen-bond acceptors (Lipinski definition) is 5. The smallest absolute Gasteiger partial charge is 0.338 e. The molecule has 0 saturated carbocycles. The summed E-state index contributed by atoms with van der Waals surface area (Å²) in [6.07, 6.45) is 1.17. The van der Waals surface area contributed by atoms with E-state index in [0.29, 0.717) is 18.0 Å². The second kappa shape index (κ2) is 5.98. The zero-order valence-corrected chi connectivity index (χ0v) is 12.0. The van der Waals surface area contributed by atoms with Gasteiger partial charge in [0.05, 0.1) is 17.0 Å². The Hall–Kier alpha value is -2.32. The fourth-order valence-electron chi connectivity index (χ4n) is 1.64. The molecular formula is C13H14N2O5S. The number of carboxylic acids is 1. The topological polar surface area (TPSA) is 109 Å². The first-order chi connectivity index (χ1) is 9.92. The van der Waals surface area contributed by atoms with Crippen molar-refractivity contribution in [2.45, 2.75) is 11.4 Å². The molecule has 0 bridgehead atoms. The molecule has 0 aliphatic carbocycles. The summed E-state index contributed by atoms with van der Waals surface area (Å²) < 4.78 is 30.4. The van der Waals surface area contributed by atoms with Crippen molar-refractivity contribution in [3.05, 3.63) is 47.9 Å². The summed E-state index contributed by atoms with van der Waals surface area (Å²) in [5.41, 5.74) is 0.778. The lowest BCUT2D eigenvalue weighted by molar-refractivity contribution is 0.0696. The third kappa shape index (κ3) is 3.61. The van der Waals surface area contributed by atoms with Crippen LogP contribution in [-0.4, -0.2) is 26.5 Å². The first-order valence-electron chi connectivity index (χ1n) is 6.00. The quantitative estimate of drug-likeness (QED) is 0.746. The van der Waals surface area contributed by atoms with Gasteiger partial charge in [-0.3, -0.25) is 0 Å². The van der Waals surface area contributed by atoms with Crippen LogP contribution in [0.4, 0.5) is 5.69 Å². The van der Waals surface area contributed by atoms with Crippen molar-refractivity contribution in [1.82, 2.24) is 4.72 Å². The summed E-state index contributed by atoms with van der Waals surface area (Å²) in [6.45, 7) is 0.297. The highest BCUT2D eigenvalue weighted by atomic mass is 32.2. The van der Waals surface area contributed by atoms with E-state index in [1.807, 2.05) is 0 Å². The molecule has 1 aromatic carbocycles. The number of aromatic carboxylic acids is 1. The number of anilines is 1. The molecule has 112 valence electrons. The van der Waals surface area contributed by atoms with Crippen LogP contribution in [0.15, 0.2) is 45.9 Å². The molecule has 7 nitrogen and oxygen atoms in total. The minimum atomic E-state index is -3.45. The zero-order chi connectivity index (χ0) is 15.5. The van der Waals surface area contributed by atoms with Crippen molar-refractivity contribution < 1.29 is 22.7 Å². The summed E-state index contributed by atoms with van der Waals surface area (Å²) in [7, 11) is -2.10. The highest BCUT2D eigenvalue weighted by Gasteiger charge is 2.11. The Labute approximate surface area is 121 Å². The Kier molecular flexibility index (Phi) is 4.29. The molecule has 2 aromatic rings. The fourth-order valence-corrected chi connectivity index (χ4v) is 2.37. The van der Waals surface area contributed by atoms with Gasteiger partial charge in [0.1, 0.15) is 12.0 Å². The van der Waals surface area contributed by atoms with Crippen LogP contribution in [-0.2, 0) is 16.6 Å². The maximum absolute atomic E-state index is 11.6. The average Bonchev–Trinajstić information content (AvgIpc) is 2.95. The van der Waals surface area contributed by atoms with Crippen molar-refractivity contribution in [2.75, 3.05) is 12.4 Å². The van der Waals surface area contributed by atoms with Crippen LogP contribution in [0.1, 0.15) is 16.1 Å². The molecule has 0 aliphatic rings. The van der Waals surface area contributed by atoms with Crippen molar-refractivity contribution >= 4 is 21.7 Å². The molecule has 0 unspecified atom stereocenters. The number of sulfonamides is 1. The lowest BCUT2D eigenvalue weighted by Gasteiger charge is -2.06. The van der Waals surface area contributed by atoms with E-state index in [4.69, 9.17) is 9.52 Å². The molecule has 8 heteroatoms. The molecule has 2 rings (SSSR count). The second-order valence-corrected chi connectivity index (χ2v) is 6.08. The predicted molar refractivity (Wildman–Crippen MR) is 75.7 cm³/mol. The maximum atomic E-state index is 11.6. The predicted octanol–water partition coefficient (Wildman–Crippen LogP) is 1.50. The van der Waals surface area contributed by atoms with E-state index < -0.39 is 16.0 Å². The summed E-state index contributed by atoms with van der Waals surface area (Å²) in [6, 6.07) is 7.60. The molecule has 1 aromatic heterocycles. The van der Waals surface area contributed by atoms with Gasteiger partial charge in [-0.05, 0) is 37.4 Å². The van der Waals surface area contributed by atoms with Crippen molar-refractivity contribution in [1.29, 1.82) is 0 Å². The molecule has 0 atom stereocenters. The molecule has 3 N–H and O–H groups in total. The summed E-state index contributed by atoms with van der Waals surface area (Å²) >= 11 is 0. The molecule has 0 aliphatic heterocycles. The van der Waals surface area contributed by atoms with Gasteiger partial charge in [-0.15, -0.1) is 0 Å². The van der Waals surface area contributed by atoms with Crippen LogP contribution in [0.3, 0.4) is 0 Å². The Morgan fingerprint density at radius 1 is 1.29 bits per heavy atom. The summed E-state index contributed by atoms with van der Waals surface area (Å²) in [4.78, 5) is 10.9. The van der Waals surface area contributed by atoms with Crippen molar-refractivity contribution in [2.24, 2.45) is 0 Å². The molecular weight excluding hydrogens is 296 g/mol.